The molecule has 0 bridgehead atoms. The second-order valence-corrected chi connectivity index (χ2v) is 0.816. The highest BCUT2D eigenvalue weighted by Gasteiger charge is 1.15. The highest BCUT2D eigenvalue weighted by atomic mass is 13.2. The fourth-order valence-corrected chi connectivity index (χ4v) is 0. The fraction of sp³-hybridized carbons (Fsp3) is 0.333. The van der Waals surface area contributed by atoms with Crippen molar-refractivity contribution in [3.63, 3.8) is 0 Å². The summed E-state index contributed by atoms with van der Waals surface area (Å²) in [5.74, 6) is 0. The zero-order valence-corrected chi connectivity index (χ0v) is 5.98. The van der Waals surface area contributed by atoms with Gasteiger partial charge in [-0.3, -0.25) is 0 Å². The summed E-state index contributed by atoms with van der Waals surface area (Å²) in [5, 5.41) is 0. The Kier molecular flexibility index (Phi) is 502. The first-order valence-electron chi connectivity index (χ1n) is 2.47. The topological polar surface area (TPSA) is 0 Å². The van der Waals surface area contributed by atoms with Crippen molar-refractivity contribution in [3.8, 4) is 0 Å². The molecule has 56 valence electrons. The maximum atomic E-state index is 3.36. The van der Waals surface area contributed by atoms with Crippen LogP contribution >= 0.6 is 0 Å². The predicted octanol–water partition coefficient (Wildman–Crippen LogP) is 3.82. The molecule has 0 heterocycles. The van der Waals surface area contributed by atoms with Gasteiger partial charge in [0.2, 0.25) is 0 Å². The van der Waals surface area contributed by atoms with Crippen LogP contribution in [-0.4, -0.2) is 0 Å². The molecule has 0 aromatic carbocycles. The monoisotopic (exact) mass is 128 g/mol. The van der Waals surface area contributed by atoms with E-state index in [9.17, 15) is 0 Å². The lowest BCUT2D eigenvalue weighted by molar-refractivity contribution is 1.80. The normalized spacial score (nSPS) is 3.33. The van der Waals surface area contributed by atoms with Crippen LogP contribution < -0.4 is 0 Å². The van der Waals surface area contributed by atoms with Gasteiger partial charge in [-0.1, -0.05) is 19.6 Å². The average molecular weight is 128 g/mol. The molecular formula is C9H20. The Morgan fingerprint density at radius 1 is 0.889 bits per heavy atom. The van der Waals surface area contributed by atoms with E-state index in [1.165, 1.54) is 0 Å². The summed E-state index contributed by atoms with van der Waals surface area (Å²) in [6, 6.07) is 0. The SMILES string of the molecule is C.C=C.C=CC.C=CC. The fourth-order valence-electron chi connectivity index (χ4n) is 0. The van der Waals surface area contributed by atoms with Crippen molar-refractivity contribution in [3.05, 3.63) is 38.5 Å². The van der Waals surface area contributed by atoms with Crippen molar-refractivity contribution in [2.45, 2.75) is 21.3 Å². The van der Waals surface area contributed by atoms with Gasteiger partial charge in [-0.05, 0) is 13.8 Å². The first-order valence-corrected chi connectivity index (χ1v) is 2.47. The second kappa shape index (κ2) is 188. The summed E-state index contributed by atoms with van der Waals surface area (Å²) in [6.45, 7) is 16.5. The van der Waals surface area contributed by atoms with E-state index in [0.717, 1.165) is 0 Å². The quantitative estimate of drug-likeness (QED) is 0.435. The predicted molar refractivity (Wildman–Crippen MR) is 49.7 cm³/mol. The van der Waals surface area contributed by atoms with Crippen LogP contribution in [0.15, 0.2) is 38.5 Å². The van der Waals surface area contributed by atoms with Gasteiger partial charge in [0.05, 0.1) is 0 Å². The lowest BCUT2D eigenvalue weighted by Gasteiger charge is -1.31. The largest absolute Gasteiger partial charge is 0.106 e. The van der Waals surface area contributed by atoms with Gasteiger partial charge >= 0.3 is 0 Å². The highest BCUT2D eigenvalue weighted by molar-refractivity contribution is 4.51. The molecule has 0 N–H and O–H groups in total. The van der Waals surface area contributed by atoms with Crippen molar-refractivity contribution in [2.75, 3.05) is 0 Å². The van der Waals surface area contributed by atoms with Crippen molar-refractivity contribution < 1.29 is 0 Å². The Hall–Kier alpha value is -0.780. The maximum absolute atomic E-state index is 3.36. The molecule has 9 heavy (non-hydrogen) atoms. The van der Waals surface area contributed by atoms with E-state index in [1.54, 1.807) is 12.2 Å². The lowest BCUT2D eigenvalue weighted by Crippen LogP contribution is -1.07. The van der Waals surface area contributed by atoms with Gasteiger partial charge in [0, 0.05) is 0 Å². The van der Waals surface area contributed by atoms with Gasteiger partial charge in [-0.2, -0.15) is 0 Å². The first kappa shape index (κ1) is 24.1. The Labute approximate surface area is 60.6 Å². The summed E-state index contributed by atoms with van der Waals surface area (Å²) in [5.41, 5.74) is 0. The van der Waals surface area contributed by atoms with E-state index in [1.807, 2.05) is 13.8 Å². The zero-order chi connectivity index (χ0) is 7.41. The minimum Gasteiger partial charge on any atom is -0.106 e. The molecule has 0 unspecified atom stereocenters. The molecule has 0 amide bonds. The minimum atomic E-state index is 0. The third kappa shape index (κ3) is 323. The van der Waals surface area contributed by atoms with Crippen molar-refractivity contribution in [2.24, 2.45) is 0 Å². The van der Waals surface area contributed by atoms with Crippen molar-refractivity contribution in [1.29, 1.82) is 0 Å². The summed E-state index contributed by atoms with van der Waals surface area (Å²) in [4.78, 5) is 0. The van der Waals surface area contributed by atoms with Crippen LogP contribution in [0, 0.1) is 0 Å². The van der Waals surface area contributed by atoms with Crippen LogP contribution in [0.2, 0.25) is 0 Å². The summed E-state index contributed by atoms with van der Waals surface area (Å²) < 4.78 is 0. The molecule has 0 aromatic heterocycles. The molecule has 0 heteroatoms. The van der Waals surface area contributed by atoms with Gasteiger partial charge < -0.3 is 0 Å². The average Bonchev–Trinajstić information content (AvgIpc) is 1.75. The standard InChI is InChI=1S/2C3H6.C2H4.CH4/c2*1-3-2;1-2;/h2*3H,1H2,2H3;1-2H2;1H4. The van der Waals surface area contributed by atoms with E-state index in [0.29, 0.717) is 0 Å². The molecule has 0 atom stereocenters. The lowest BCUT2D eigenvalue weighted by atomic mass is 10.8. The van der Waals surface area contributed by atoms with Gasteiger partial charge in [0.25, 0.3) is 0 Å². The van der Waals surface area contributed by atoms with E-state index in [2.05, 4.69) is 26.3 Å². The molecular weight excluding hydrogens is 108 g/mol. The minimum absolute atomic E-state index is 0. The molecule has 0 radical (unpaired) electrons. The van der Waals surface area contributed by atoms with E-state index >= 15 is 0 Å². The molecule has 0 aliphatic heterocycles. The summed E-state index contributed by atoms with van der Waals surface area (Å²) in [6.07, 6.45) is 3.50. The smallest absolute Gasteiger partial charge is 0.0473 e. The van der Waals surface area contributed by atoms with Gasteiger partial charge in [-0.25, -0.2) is 0 Å². The van der Waals surface area contributed by atoms with Crippen molar-refractivity contribution in [1.82, 2.24) is 0 Å². The number of allylic oxidation sites excluding steroid dienone is 2. The Balaban J connectivity index is -0.0000000202. The van der Waals surface area contributed by atoms with Crippen LogP contribution in [0.5, 0.6) is 0 Å². The number of hydrogen-bond acceptors (Lipinski definition) is 0. The van der Waals surface area contributed by atoms with Crippen LogP contribution in [0.3, 0.4) is 0 Å². The number of rotatable bonds is 0. The zero-order valence-electron chi connectivity index (χ0n) is 5.98. The van der Waals surface area contributed by atoms with Gasteiger partial charge in [0.1, 0.15) is 0 Å². The Morgan fingerprint density at radius 3 is 0.889 bits per heavy atom. The molecule has 0 aliphatic rings. The van der Waals surface area contributed by atoms with Crippen LogP contribution in [0.25, 0.3) is 0 Å². The molecule has 0 fully saturated rings. The van der Waals surface area contributed by atoms with E-state index in [4.69, 9.17) is 0 Å². The van der Waals surface area contributed by atoms with Crippen LogP contribution in [0.1, 0.15) is 21.3 Å². The third-order valence-electron chi connectivity index (χ3n) is 0. The Morgan fingerprint density at radius 2 is 0.889 bits per heavy atom. The van der Waals surface area contributed by atoms with Crippen molar-refractivity contribution >= 4 is 0 Å². The molecule has 0 saturated carbocycles. The van der Waals surface area contributed by atoms with Gasteiger partial charge in [0.15, 0.2) is 0 Å². The summed E-state index contributed by atoms with van der Waals surface area (Å²) in [7, 11) is 0. The van der Waals surface area contributed by atoms with E-state index in [-0.39, 0.29) is 7.43 Å². The van der Waals surface area contributed by atoms with E-state index < -0.39 is 0 Å². The molecule has 0 nitrogen and oxygen atoms in total. The second-order valence-electron chi connectivity index (χ2n) is 0.816. The van der Waals surface area contributed by atoms with Crippen LogP contribution in [0.4, 0.5) is 0 Å². The summed E-state index contributed by atoms with van der Waals surface area (Å²) >= 11 is 0. The Bertz CT molecular complexity index is 29.3. The molecule has 0 saturated heterocycles. The molecule has 0 aliphatic carbocycles. The number of hydrogen-bond donors (Lipinski definition) is 0. The highest BCUT2D eigenvalue weighted by Crippen LogP contribution is 1.38. The maximum Gasteiger partial charge on any atom is -0.0473 e. The molecule has 0 aromatic rings. The van der Waals surface area contributed by atoms with Gasteiger partial charge in [-0.15, -0.1) is 26.3 Å². The first-order chi connectivity index (χ1) is 3.83. The molecule has 0 rings (SSSR count). The molecule has 0 spiro atoms. The third-order valence-corrected chi connectivity index (χ3v) is 0. The van der Waals surface area contributed by atoms with Crippen LogP contribution in [-0.2, 0) is 0 Å².